The van der Waals surface area contributed by atoms with Gasteiger partial charge in [-0.25, -0.2) is 4.79 Å². The molecular formula is C17H21NO4. The number of hydrogen-bond donors (Lipinski definition) is 2. The van der Waals surface area contributed by atoms with Crippen molar-refractivity contribution in [1.82, 2.24) is 5.32 Å². The molecule has 2 saturated carbocycles. The Bertz CT molecular complexity index is 541. The highest BCUT2D eigenvalue weighted by molar-refractivity contribution is 5.69. The monoisotopic (exact) mass is 303 g/mol. The van der Waals surface area contributed by atoms with Gasteiger partial charge in [0.1, 0.15) is 6.61 Å². The first-order chi connectivity index (χ1) is 10.6. The summed E-state index contributed by atoms with van der Waals surface area (Å²) in [6, 6.07) is 9.64. The smallest absolute Gasteiger partial charge is 0.407 e. The molecule has 2 fully saturated rings. The Kier molecular flexibility index (Phi) is 4.32. The predicted molar refractivity (Wildman–Crippen MR) is 80.1 cm³/mol. The van der Waals surface area contributed by atoms with Gasteiger partial charge < -0.3 is 15.2 Å². The van der Waals surface area contributed by atoms with E-state index in [0.29, 0.717) is 24.2 Å². The number of alkyl carbamates (subject to hydrolysis) is 1. The summed E-state index contributed by atoms with van der Waals surface area (Å²) in [7, 11) is 0. The number of nitrogens with one attached hydrogen (secondary N) is 1. The summed E-state index contributed by atoms with van der Waals surface area (Å²) in [6.07, 6.45) is 2.81. The third-order valence-corrected chi connectivity index (χ3v) is 4.58. The lowest BCUT2D eigenvalue weighted by Crippen LogP contribution is -2.28. The zero-order valence-electron chi connectivity index (χ0n) is 12.4. The molecule has 2 aliphatic carbocycles. The van der Waals surface area contributed by atoms with Gasteiger partial charge in [-0.2, -0.15) is 0 Å². The zero-order chi connectivity index (χ0) is 15.5. The molecule has 0 spiro atoms. The largest absolute Gasteiger partial charge is 0.481 e. The van der Waals surface area contributed by atoms with Crippen LogP contribution in [0.3, 0.4) is 0 Å². The molecule has 3 unspecified atom stereocenters. The minimum atomic E-state index is -0.771. The third kappa shape index (κ3) is 3.78. The number of ether oxygens (including phenoxy) is 1. The Balaban J connectivity index is 1.45. The number of benzene rings is 1. The van der Waals surface area contributed by atoms with Gasteiger partial charge in [0.15, 0.2) is 0 Å². The van der Waals surface area contributed by atoms with E-state index in [9.17, 15) is 9.59 Å². The molecule has 0 aromatic heterocycles. The summed E-state index contributed by atoms with van der Waals surface area (Å²) < 4.78 is 5.23. The molecule has 1 aromatic carbocycles. The fraction of sp³-hybridized carbons (Fsp3) is 0.529. The second kappa shape index (κ2) is 6.38. The van der Waals surface area contributed by atoms with Gasteiger partial charge in [0.25, 0.3) is 0 Å². The number of carbonyl (C=O) groups excluding carboxylic acids is 1. The Hall–Kier alpha value is -2.04. The molecule has 3 rings (SSSR count). The van der Waals surface area contributed by atoms with Crippen LogP contribution in [0.25, 0.3) is 0 Å². The molecule has 0 bridgehead atoms. The van der Waals surface area contributed by atoms with E-state index in [2.05, 4.69) is 5.32 Å². The quantitative estimate of drug-likeness (QED) is 0.812. The zero-order valence-corrected chi connectivity index (χ0v) is 12.4. The molecule has 1 amide bonds. The Morgan fingerprint density at radius 1 is 1.23 bits per heavy atom. The minimum absolute atomic E-state index is 0.0927. The lowest BCUT2D eigenvalue weighted by atomic mass is 10.1. The first kappa shape index (κ1) is 14.9. The molecule has 0 saturated heterocycles. The molecule has 0 aliphatic heterocycles. The van der Waals surface area contributed by atoms with Crippen LogP contribution in [0.4, 0.5) is 4.79 Å². The molecule has 0 radical (unpaired) electrons. The van der Waals surface area contributed by atoms with Crippen molar-refractivity contribution >= 4 is 12.1 Å². The lowest BCUT2D eigenvalue weighted by molar-refractivity contribution is -0.137. The van der Waals surface area contributed by atoms with Crippen molar-refractivity contribution in [2.24, 2.45) is 17.8 Å². The summed E-state index contributed by atoms with van der Waals surface area (Å²) in [6.45, 7) is 0.257. The molecule has 0 heterocycles. The average Bonchev–Trinajstić information content (AvgIpc) is 3.39. The van der Waals surface area contributed by atoms with E-state index in [1.807, 2.05) is 30.3 Å². The van der Waals surface area contributed by atoms with E-state index in [-0.39, 0.29) is 19.1 Å². The first-order valence-electron chi connectivity index (χ1n) is 7.84. The standard InChI is InChI=1S/C17H21NO4/c19-14(20)9-8-13-15(12-6-7-12)16(13)18-17(21)22-10-11-4-2-1-3-5-11/h1-5,12-13,15-16H,6-10H2,(H,18,21)(H,19,20). The van der Waals surface area contributed by atoms with Gasteiger partial charge in [0.2, 0.25) is 0 Å². The van der Waals surface area contributed by atoms with E-state index < -0.39 is 12.1 Å². The molecule has 5 nitrogen and oxygen atoms in total. The SMILES string of the molecule is O=C(O)CCC1C(NC(=O)OCc2ccccc2)C1C1CC1. The highest BCUT2D eigenvalue weighted by Crippen LogP contribution is 2.56. The van der Waals surface area contributed by atoms with Gasteiger partial charge in [-0.1, -0.05) is 30.3 Å². The van der Waals surface area contributed by atoms with Gasteiger partial charge in [0, 0.05) is 12.5 Å². The second-order valence-electron chi connectivity index (χ2n) is 6.24. The van der Waals surface area contributed by atoms with E-state index in [0.717, 1.165) is 5.56 Å². The van der Waals surface area contributed by atoms with E-state index in [1.165, 1.54) is 12.8 Å². The van der Waals surface area contributed by atoms with Gasteiger partial charge in [-0.3, -0.25) is 4.79 Å². The van der Waals surface area contributed by atoms with Crippen LogP contribution in [0, 0.1) is 17.8 Å². The topological polar surface area (TPSA) is 75.6 Å². The Morgan fingerprint density at radius 2 is 1.95 bits per heavy atom. The minimum Gasteiger partial charge on any atom is -0.481 e. The van der Waals surface area contributed by atoms with Crippen molar-refractivity contribution in [2.45, 2.75) is 38.3 Å². The van der Waals surface area contributed by atoms with Gasteiger partial charge in [-0.05, 0) is 42.6 Å². The number of aliphatic carboxylic acids is 1. The normalized spacial score (nSPS) is 26.3. The van der Waals surface area contributed by atoms with Crippen molar-refractivity contribution in [3.8, 4) is 0 Å². The van der Waals surface area contributed by atoms with Crippen LogP contribution < -0.4 is 5.32 Å². The maximum Gasteiger partial charge on any atom is 0.407 e. The van der Waals surface area contributed by atoms with Crippen molar-refractivity contribution in [3.63, 3.8) is 0 Å². The van der Waals surface area contributed by atoms with Crippen LogP contribution in [0.2, 0.25) is 0 Å². The van der Waals surface area contributed by atoms with Crippen LogP contribution >= 0.6 is 0 Å². The first-order valence-corrected chi connectivity index (χ1v) is 7.84. The summed E-state index contributed by atoms with van der Waals surface area (Å²) in [4.78, 5) is 22.6. The van der Waals surface area contributed by atoms with Crippen LogP contribution in [0.1, 0.15) is 31.2 Å². The summed E-state index contributed by atoms with van der Waals surface area (Å²) in [5, 5.41) is 11.7. The highest BCUT2D eigenvalue weighted by Gasteiger charge is 2.57. The lowest BCUT2D eigenvalue weighted by Gasteiger charge is -2.07. The van der Waals surface area contributed by atoms with Crippen LogP contribution in [-0.2, 0) is 16.1 Å². The van der Waals surface area contributed by atoms with Crippen LogP contribution in [0.15, 0.2) is 30.3 Å². The molecule has 2 aliphatic rings. The second-order valence-corrected chi connectivity index (χ2v) is 6.24. The van der Waals surface area contributed by atoms with Gasteiger partial charge in [0.05, 0.1) is 0 Å². The summed E-state index contributed by atoms with van der Waals surface area (Å²) in [5.74, 6) is 0.640. The Morgan fingerprint density at radius 3 is 2.59 bits per heavy atom. The van der Waals surface area contributed by atoms with E-state index in [1.54, 1.807) is 0 Å². The molecule has 1 aromatic rings. The average molecular weight is 303 g/mol. The van der Waals surface area contributed by atoms with Crippen molar-refractivity contribution in [3.05, 3.63) is 35.9 Å². The third-order valence-electron chi connectivity index (χ3n) is 4.58. The van der Waals surface area contributed by atoms with Crippen LogP contribution in [0.5, 0.6) is 0 Å². The fourth-order valence-electron chi connectivity index (χ4n) is 3.29. The molecule has 3 atom stereocenters. The maximum atomic E-state index is 11.9. The highest BCUT2D eigenvalue weighted by atomic mass is 16.5. The molecule has 118 valence electrons. The number of hydrogen-bond acceptors (Lipinski definition) is 3. The predicted octanol–water partition coefficient (Wildman–Crippen LogP) is 2.80. The number of carboxylic acid groups (broad SMARTS) is 1. The van der Waals surface area contributed by atoms with Crippen LogP contribution in [-0.4, -0.2) is 23.2 Å². The molecule has 5 heteroatoms. The van der Waals surface area contributed by atoms with Gasteiger partial charge in [-0.15, -0.1) is 0 Å². The van der Waals surface area contributed by atoms with E-state index in [4.69, 9.17) is 9.84 Å². The van der Waals surface area contributed by atoms with Crippen molar-refractivity contribution in [1.29, 1.82) is 0 Å². The van der Waals surface area contributed by atoms with Crippen molar-refractivity contribution < 1.29 is 19.4 Å². The summed E-state index contributed by atoms with van der Waals surface area (Å²) in [5.41, 5.74) is 0.953. The van der Waals surface area contributed by atoms with Gasteiger partial charge >= 0.3 is 12.1 Å². The number of amides is 1. The number of carboxylic acids is 1. The molecule has 22 heavy (non-hydrogen) atoms. The fourth-order valence-corrected chi connectivity index (χ4v) is 3.29. The Labute approximate surface area is 129 Å². The van der Waals surface area contributed by atoms with E-state index >= 15 is 0 Å². The summed E-state index contributed by atoms with van der Waals surface area (Å²) >= 11 is 0. The molecule has 2 N–H and O–H groups in total. The maximum absolute atomic E-state index is 11.9. The molecular weight excluding hydrogens is 282 g/mol. The number of carbonyl (C=O) groups is 2. The van der Waals surface area contributed by atoms with Crippen molar-refractivity contribution in [2.75, 3.05) is 0 Å². The number of rotatable bonds is 7.